The summed E-state index contributed by atoms with van der Waals surface area (Å²) in [6, 6.07) is 0. The van der Waals surface area contributed by atoms with E-state index < -0.39 is 0 Å². The zero-order chi connectivity index (χ0) is 5.86. The summed E-state index contributed by atoms with van der Waals surface area (Å²) in [5.74, 6) is -0.0949. The van der Waals surface area contributed by atoms with E-state index in [1.807, 2.05) is 0 Å². The van der Waals surface area contributed by atoms with Crippen LogP contribution in [0.25, 0.3) is 0 Å². The van der Waals surface area contributed by atoms with Gasteiger partial charge in [0.2, 0.25) is 0 Å². The van der Waals surface area contributed by atoms with E-state index in [4.69, 9.17) is 16.2 Å². The molecule has 0 saturated carbocycles. The van der Waals surface area contributed by atoms with Gasteiger partial charge in [0, 0.05) is 5.57 Å². The molecule has 0 aliphatic heterocycles. The Morgan fingerprint density at radius 3 is 2.29 bits per heavy atom. The molecule has 7 heavy (non-hydrogen) atoms. The van der Waals surface area contributed by atoms with Gasteiger partial charge in [0.25, 0.3) is 0 Å². The lowest BCUT2D eigenvalue weighted by Gasteiger charge is -1.89. The van der Waals surface area contributed by atoms with Gasteiger partial charge in [-0.2, -0.15) is 0 Å². The van der Waals surface area contributed by atoms with Crippen molar-refractivity contribution >= 4 is 5.84 Å². The molecule has 0 aromatic heterocycles. The molecule has 0 bridgehead atoms. The molecule has 0 spiro atoms. The lowest BCUT2D eigenvalue weighted by molar-refractivity contribution is 0.470. The Hall–Kier alpha value is -0.990. The van der Waals surface area contributed by atoms with Crippen LogP contribution in [0.15, 0.2) is 11.8 Å². The first-order chi connectivity index (χ1) is 3.18. The van der Waals surface area contributed by atoms with E-state index in [9.17, 15) is 0 Å². The maximum Gasteiger partial charge on any atom is 0.121 e. The number of nitrogens with two attached hydrogens (primary N) is 1. The molecule has 0 aliphatic carbocycles. The number of aliphatic hydroxyl groups excluding tert-OH is 1. The highest BCUT2D eigenvalue weighted by Crippen LogP contribution is 1.84. The van der Waals surface area contributed by atoms with Crippen LogP contribution in [0.5, 0.6) is 0 Å². The van der Waals surface area contributed by atoms with Crippen LogP contribution in [0.1, 0.15) is 6.92 Å². The van der Waals surface area contributed by atoms with Crippen molar-refractivity contribution < 1.29 is 5.11 Å². The lowest BCUT2D eigenvalue weighted by atomic mass is 10.3. The Morgan fingerprint density at radius 1 is 1.86 bits per heavy atom. The third kappa shape index (κ3) is 1.81. The Bertz CT molecular complexity index is 106. The number of nitrogens with one attached hydrogen (secondary N) is 1. The second-order valence-corrected chi connectivity index (χ2v) is 1.23. The number of hydrogen-bond acceptors (Lipinski definition) is 2. The van der Waals surface area contributed by atoms with Crippen LogP contribution in [-0.4, -0.2) is 10.9 Å². The fourth-order valence-corrected chi connectivity index (χ4v) is 0.0695. The Morgan fingerprint density at radius 2 is 2.29 bits per heavy atom. The van der Waals surface area contributed by atoms with E-state index in [0.29, 0.717) is 5.57 Å². The molecule has 0 saturated heterocycles. The standard InChI is InChI=1S/C4H8N2O/c1-3(2-7)4(5)6/h2,7H,1H3,(H3,5,6). The van der Waals surface area contributed by atoms with Crippen molar-refractivity contribution in [1.82, 2.24) is 0 Å². The minimum Gasteiger partial charge on any atom is -0.515 e. The van der Waals surface area contributed by atoms with E-state index in [2.05, 4.69) is 0 Å². The summed E-state index contributed by atoms with van der Waals surface area (Å²) in [7, 11) is 0. The highest BCUT2D eigenvalue weighted by atomic mass is 16.2. The summed E-state index contributed by atoms with van der Waals surface area (Å²) in [4.78, 5) is 0. The van der Waals surface area contributed by atoms with Crippen LogP contribution in [0, 0.1) is 5.41 Å². The van der Waals surface area contributed by atoms with Crippen LogP contribution in [0.3, 0.4) is 0 Å². The van der Waals surface area contributed by atoms with Crippen molar-refractivity contribution in [1.29, 1.82) is 5.41 Å². The van der Waals surface area contributed by atoms with E-state index in [1.165, 1.54) is 0 Å². The van der Waals surface area contributed by atoms with Gasteiger partial charge in [0.05, 0.1) is 6.26 Å². The van der Waals surface area contributed by atoms with Crippen molar-refractivity contribution in [2.75, 3.05) is 0 Å². The van der Waals surface area contributed by atoms with Gasteiger partial charge in [-0.05, 0) is 6.92 Å². The summed E-state index contributed by atoms with van der Waals surface area (Å²) in [5.41, 5.74) is 5.29. The second kappa shape index (κ2) is 2.23. The van der Waals surface area contributed by atoms with Gasteiger partial charge in [0.1, 0.15) is 5.84 Å². The molecule has 0 fully saturated rings. The number of rotatable bonds is 1. The van der Waals surface area contributed by atoms with E-state index >= 15 is 0 Å². The van der Waals surface area contributed by atoms with Crippen molar-refractivity contribution in [2.45, 2.75) is 6.92 Å². The molecule has 0 aromatic rings. The molecule has 40 valence electrons. The summed E-state index contributed by atoms with van der Waals surface area (Å²) in [5, 5.41) is 14.8. The molecule has 3 heteroatoms. The number of amidine groups is 1. The highest BCUT2D eigenvalue weighted by molar-refractivity contribution is 5.93. The monoisotopic (exact) mass is 100 g/mol. The van der Waals surface area contributed by atoms with E-state index in [0.717, 1.165) is 6.26 Å². The van der Waals surface area contributed by atoms with Crippen molar-refractivity contribution in [3.05, 3.63) is 11.8 Å². The predicted molar refractivity (Wildman–Crippen MR) is 28.3 cm³/mol. The molecular formula is C4H8N2O. The zero-order valence-electron chi connectivity index (χ0n) is 4.10. The largest absolute Gasteiger partial charge is 0.515 e. The van der Waals surface area contributed by atoms with Crippen molar-refractivity contribution in [3.8, 4) is 0 Å². The minimum absolute atomic E-state index is 0.0949. The van der Waals surface area contributed by atoms with Crippen LogP contribution < -0.4 is 5.73 Å². The van der Waals surface area contributed by atoms with Gasteiger partial charge in [0.15, 0.2) is 0 Å². The first-order valence-electron chi connectivity index (χ1n) is 1.84. The van der Waals surface area contributed by atoms with Crippen molar-refractivity contribution in [2.24, 2.45) is 5.73 Å². The summed E-state index contributed by atoms with van der Waals surface area (Å²) in [6.07, 6.45) is 0.808. The van der Waals surface area contributed by atoms with Gasteiger partial charge in [-0.25, -0.2) is 0 Å². The molecule has 0 radical (unpaired) electrons. The van der Waals surface area contributed by atoms with Gasteiger partial charge in [-0.3, -0.25) is 5.41 Å². The third-order valence-corrected chi connectivity index (χ3v) is 0.618. The topological polar surface area (TPSA) is 70.1 Å². The first-order valence-corrected chi connectivity index (χ1v) is 1.84. The molecule has 0 heterocycles. The van der Waals surface area contributed by atoms with Gasteiger partial charge in [-0.15, -0.1) is 0 Å². The van der Waals surface area contributed by atoms with Crippen LogP contribution in [-0.2, 0) is 0 Å². The fraction of sp³-hybridized carbons (Fsp3) is 0.250. The third-order valence-electron chi connectivity index (χ3n) is 0.618. The molecule has 0 unspecified atom stereocenters. The normalized spacial score (nSPS) is 11.3. The second-order valence-electron chi connectivity index (χ2n) is 1.23. The van der Waals surface area contributed by atoms with E-state index in [-0.39, 0.29) is 5.84 Å². The average molecular weight is 100 g/mol. The number of hydrogen-bond donors (Lipinski definition) is 3. The Labute approximate surface area is 42.0 Å². The Balaban J connectivity index is 3.82. The van der Waals surface area contributed by atoms with Crippen LogP contribution in [0.2, 0.25) is 0 Å². The molecule has 0 rings (SSSR count). The van der Waals surface area contributed by atoms with Crippen molar-refractivity contribution in [3.63, 3.8) is 0 Å². The zero-order valence-corrected chi connectivity index (χ0v) is 4.10. The fourth-order valence-electron chi connectivity index (χ4n) is 0.0695. The van der Waals surface area contributed by atoms with Crippen LogP contribution in [0.4, 0.5) is 0 Å². The van der Waals surface area contributed by atoms with Crippen LogP contribution >= 0.6 is 0 Å². The van der Waals surface area contributed by atoms with E-state index in [1.54, 1.807) is 6.92 Å². The molecule has 0 amide bonds. The summed E-state index contributed by atoms with van der Waals surface area (Å²) >= 11 is 0. The minimum atomic E-state index is -0.0949. The molecule has 3 nitrogen and oxygen atoms in total. The SMILES string of the molecule is CC(=CO)C(=N)N. The Kier molecular flexibility index (Phi) is 1.91. The molecule has 0 atom stereocenters. The van der Waals surface area contributed by atoms with Gasteiger partial charge in [-0.1, -0.05) is 0 Å². The molecular weight excluding hydrogens is 92.1 g/mol. The van der Waals surface area contributed by atoms with Gasteiger partial charge < -0.3 is 10.8 Å². The predicted octanol–water partition coefficient (Wildman–Crippen LogP) is 0.384. The maximum absolute atomic E-state index is 8.12. The maximum atomic E-state index is 8.12. The summed E-state index contributed by atoms with van der Waals surface area (Å²) < 4.78 is 0. The lowest BCUT2D eigenvalue weighted by Crippen LogP contribution is -2.10. The quantitative estimate of drug-likeness (QED) is 0.253. The van der Waals surface area contributed by atoms with Gasteiger partial charge >= 0.3 is 0 Å². The average Bonchev–Trinajstić information content (AvgIpc) is 1.65. The highest BCUT2D eigenvalue weighted by Gasteiger charge is 1.86. The summed E-state index contributed by atoms with van der Waals surface area (Å²) in [6.45, 7) is 1.56. The first kappa shape index (κ1) is 6.01. The molecule has 0 aliphatic rings. The smallest absolute Gasteiger partial charge is 0.121 e. The number of aliphatic hydroxyl groups is 1. The molecule has 4 N–H and O–H groups in total. The molecule has 0 aromatic carbocycles.